The third-order valence-electron chi connectivity index (χ3n) is 6.71. The molecule has 3 atom stereocenters. The Morgan fingerprint density at radius 1 is 1.30 bits per heavy atom. The van der Waals surface area contributed by atoms with E-state index in [1.807, 2.05) is 6.92 Å². The Balaban J connectivity index is 1.74. The fraction of sp³-hybridized carbons (Fsp3) is 0.583. The van der Waals surface area contributed by atoms with E-state index in [-0.39, 0.29) is 30.6 Å². The Kier molecular flexibility index (Phi) is 5.07. The summed E-state index contributed by atoms with van der Waals surface area (Å²) in [6.45, 7) is 8.50. The van der Waals surface area contributed by atoms with Crippen LogP contribution in [-0.2, 0) is 24.7 Å². The average Bonchev–Trinajstić information content (AvgIpc) is 2.64. The van der Waals surface area contributed by atoms with Crippen LogP contribution in [0.5, 0.6) is 11.5 Å². The minimum Gasteiger partial charge on any atom is -0.508 e. The lowest BCUT2D eigenvalue weighted by atomic mass is 9.67. The summed E-state index contributed by atoms with van der Waals surface area (Å²) in [5.41, 5.74) is 0.537. The lowest BCUT2D eigenvalue weighted by Gasteiger charge is -2.47. The normalized spacial score (nSPS) is 28.8. The van der Waals surface area contributed by atoms with Crippen molar-refractivity contribution in [2.24, 2.45) is 5.92 Å². The summed E-state index contributed by atoms with van der Waals surface area (Å²) in [4.78, 5) is 24.5. The van der Waals surface area contributed by atoms with Crippen LogP contribution in [0.1, 0.15) is 76.8 Å². The van der Waals surface area contributed by atoms with E-state index in [0.717, 1.165) is 31.2 Å². The van der Waals surface area contributed by atoms with Crippen LogP contribution in [0.2, 0.25) is 0 Å². The molecular formula is C24H30O6. The minimum atomic E-state index is -1.51. The number of carbonyl (C=O) groups is 2. The summed E-state index contributed by atoms with van der Waals surface area (Å²) < 4.78 is 17.0. The number of hydrogen-bond donors (Lipinski definition) is 1. The molecule has 3 unspecified atom stereocenters. The quantitative estimate of drug-likeness (QED) is 0.434. The first kappa shape index (κ1) is 20.8. The van der Waals surface area contributed by atoms with Crippen LogP contribution in [-0.4, -0.2) is 29.3 Å². The molecule has 0 spiro atoms. The standard InChI is InChI=1S/C24H30O6/c1-5-6-9-28-22(27)24(13-20(26)30-24)15-11-18(25)21-16-10-14(2)7-8-17(16)23(3,4)29-19(21)12-15/h7,11-12,16-17,25H,5-6,8-10,13H2,1-4H3. The highest BCUT2D eigenvalue weighted by atomic mass is 16.6. The zero-order chi connectivity index (χ0) is 21.7. The van der Waals surface area contributed by atoms with Crippen molar-refractivity contribution < 1.29 is 28.9 Å². The number of esters is 2. The number of rotatable bonds is 5. The van der Waals surface area contributed by atoms with Gasteiger partial charge in [-0.3, -0.25) is 4.79 Å². The molecule has 0 amide bonds. The number of fused-ring (bicyclic) bond motifs is 3. The Bertz CT molecular complexity index is 905. The predicted molar refractivity (Wildman–Crippen MR) is 110 cm³/mol. The number of carbonyl (C=O) groups excluding carboxylic acids is 2. The highest BCUT2D eigenvalue weighted by Crippen LogP contribution is 2.55. The molecule has 4 rings (SSSR count). The number of benzene rings is 1. The Morgan fingerprint density at radius 3 is 2.70 bits per heavy atom. The predicted octanol–water partition coefficient (Wildman–Crippen LogP) is 4.49. The minimum absolute atomic E-state index is 0.0754. The molecule has 0 bridgehead atoms. The van der Waals surface area contributed by atoms with E-state index in [9.17, 15) is 14.7 Å². The Morgan fingerprint density at radius 2 is 2.03 bits per heavy atom. The molecule has 1 aliphatic carbocycles. The molecule has 1 aromatic rings. The van der Waals surface area contributed by atoms with E-state index in [1.165, 1.54) is 5.57 Å². The number of allylic oxidation sites excluding steroid dienone is 2. The number of phenolic OH excluding ortho intramolecular Hbond substituents is 1. The largest absolute Gasteiger partial charge is 0.508 e. The SMILES string of the molecule is CCCCOC(=O)C1(c2cc(O)c3c(c2)OC(C)(C)C2CC=C(C)CC32)CC(=O)O1. The second-order valence-corrected chi connectivity index (χ2v) is 9.28. The van der Waals surface area contributed by atoms with E-state index in [1.54, 1.807) is 12.1 Å². The Labute approximate surface area is 177 Å². The smallest absolute Gasteiger partial charge is 0.356 e. The summed E-state index contributed by atoms with van der Waals surface area (Å²) in [6, 6.07) is 3.28. The van der Waals surface area contributed by atoms with Crippen LogP contribution < -0.4 is 4.74 Å². The molecule has 1 aromatic carbocycles. The molecule has 0 aromatic heterocycles. The molecule has 6 heteroatoms. The van der Waals surface area contributed by atoms with Gasteiger partial charge in [-0.05, 0) is 52.2 Å². The van der Waals surface area contributed by atoms with Crippen LogP contribution in [0.4, 0.5) is 0 Å². The monoisotopic (exact) mass is 414 g/mol. The molecular weight excluding hydrogens is 384 g/mol. The van der Waals surface area contributed by atoms with Gasteiger partial charge in [0.2, 0.25) is 5.60 Å². The molecule has 3 aliphatic rings. The molecule has 30 heavy (non-hydrogen) atoms. The highest BCUT2D eigenvalue weighted by molar-refractivity contribution is 5.94. The van der Waals surface area contributed by atoms with Crippen molar-refractivity contribution in [3.8, 4) is 11.5 Å². The van der Waals surface area contributed by atoms with Crippen LogP contribution in [0.15, 0.2) is 23.8 Å². The molecule has 162 valence electrons. The van der Waals surface area contributed by atoms with E-state index < -0.39 is 23.1 Å². The molecule has 2 heterocycles. The van der Waals surface area contributed by atoms with Gasteiger partial charge in [0.15, 0.2) is 0 Å². The summed E-state index contributed by atoms with van der Waals surface area (Å²) in [7, 11) is 0. The van der Waals surface area contributed by atoms with Gasteiger partial charge in [0.05, 0.1) is 6.61 Å². The van der Waals surface area contributed by atoms with Crippen LogP contribution in [0.25, 0.3) is 0 Å². The fourth-order valence-corrected chi connectivity index (χ4v) is 5.01. The van der Waals surface area contributed by atoms with Gasteiger partial charge >= 0.3 is 11.9 Å². The second-order valence-electron chi connectivity index (χ2n) is 9.28. The van der Waals surface area contributed by atoms with Crippen molar-refractivity contribution in [1.29, 1.82) is 0 Å². The first-order valence-electron chi connectivity index (χ1n) is 10.8. The number of cyclic esters (lactones) is 1. The van der Waals surface area contributed by atoms with Crippen molar-refractivity contribution in [1.82, 2.24) is 0 Å². The first-order chi connectivity index (χ1) is 14.2. The van der Waals surface area contributed by atoms with Crippen LogP contribution >= 0.6 is 0 Å². The van der Waals surface area contributed by atoms with Gasteiger partial charge in [0.25, 0.3) is 0 Å². The van der Waals surface area contributed by atoms with Crippen molar-refractivity contribution in [2.45, 2.75) is 76.9 Å². The maximum Gasteiger partial charge on any atom is 0.356 e. The van der Waals surface area contributed by atoms with Gasteiger partial charge in [-0.2, -0.15) is 0 Å². The van der Waals surface area contributed by atoms with Gasteiger partial charge in [-0.1, -0.05) is 25.0 Å². The Hall–Kier alpha value is -2.50. The zero-order valence-corrected chi connectivity index (χ0v) is 18.1. The van der Waals surface area contributed by atoms with Gasteiger partial charge in [0.1, 0.15) is 23.5 Å². The third kappa shape index (κ3) is 3.26. The number of ether oxygens (including phenoxy) is 3. The van der Waals surface area contributed by atoms with Crippen LogP contribution in [0, 0.1) is 5.92 Å². The zero-order valence-electron chi connectivity index (χ0n) is 18.1. The van der Waals surface area contributed by atoms with Crippen molar-refractivity contribution in [3.05, 3.63) is 34.9 Å². The van der Waals surface area contributed by atoms with Crippen molar-refractivity contribution in [2.75, 3.05) is 6.61 Å². The molecule has 1 fully saturated rings. The van der Waals surface area contributed by atoms with Crippen LogP contribution in [0.3, 0.4) is 0 Å². The lowest BCUT2D eigenvalue weighted by molar-refractivity contribution is -0.210. The summed E-state index contributed by atoms with van der Waals surface area (Å²) in [5, 5.41) is 11.0. The van der Waals surface area contributed by atoms with Crippen molar-refractivity contribution in [3.63, 3.8) is 0 Å². The van der Waals surface area contributed by atoms with Crippen molar-refractivity contribution >= 4 is 11.9 Å². The van der Waals surface area contributed by atoms with Gasteiger partial charge < -0.3 is 19.3 Å². The maximum absolute atomic E-state index is 12.8. The maximum atomic E-state index is 12.8. The molecule has 0 radical (unpaired) electrons. The molecule has 2 aliphatic heterocycles. The molecule has 1 N–H and O–H groups in total. The van der Waals surface area contributed by atoms with Gasteiger partial charge in [-0.15, -0.1) is 0 Å². The first-order valence-corrected chi connectivity index (χ1v) is 10.8. The fourth-order valence-electron chi connectivity index (χ4n) is 5.01. The van der Waals surface area contributed by atoms with E-state index in [2.05, 4.69) is 26.8 Å². The highest BCUT2D eigenvalue weighted by Gasteiger charge is 2.57. The summed E-state index contributed by atoms with van der Waals surface area (Å²) in [5.74, 6) is -0.0477. The molecule has 1 saturated heterocycles. The molecule has 0 saturated carbocycles. The second kappa shape index (κ2) is 7.33. The van der Waals surface area contributed by atoms with Gasteiger partial charge in [-0.25, -0.2) is 4.79 Å². The summed E-state index contributed by atoms with van der Waals surface area (Å²) >= 11 is 0. The number of hydrogen-bond acceptors (Lipinski definition) is 6. The van der Waals surface area contributed by atoms with E-state index >= 15 is 0 Å². The van der Waals surface area contributed by atoms with E-state index in [4.69, 9.17) is 14.2 Å². The number of unbranched alkanes of at least 4 members (excludes halogenated alkanes) is 1. The van der Waals surface area contributed by atoms with Gasteiger partial charge in [0, 0.05) is 23.0 Å². The molecule has 6 nitrogen and oxygen atoms in total. The summed E-state index contributed by atoms with van der Waals surface area (Å²) in [6.07, 6.45) is 5.52. The third-order valence-corrected chi connectivity index (χ3v) is 6.71. The number of phenols is 1. The van der Waals surface area contributed by atoms with E-state index in [0.29, 0.717) is 11.3 Å². The topological polar surface area (TPSA) is 82.1 Å². The number of aromatic hydroxyl groups is 1. The average molecular weight is 414 g/mol. The lowest BCUT2D eigenvalue weighted by Crippen LogP contribution is -2.52.